The fourth-order valence-corrected chi connectivity index (χ4v) is 2.66. The average Bonchev–Trinajstić information content (AvgIpc) is 3.15. The van der Waals surface area contributed by atoms with Crippen molar-refractivity contribution >= 4 is 32.8 Å². The molecule has 1 atom stereocenters. The van der Waals surface area contributed by atoms with Crippen molar-refractivity contribution in [2.75, 3.05) is 6.54 Å². The summed E-state index contributed by atoms with van der Waals surface area (Å²) < 4.78 is 6.87. The fraction of sp³-hybridized carbons (Fsp3) is 0.438. The Morgan fingerprint density at radius 2 is 2.24 bits per heavy atom. The maximum absolute atomic E-state index is 11.6. The summed E-state index contributed by atoms with van der Waals surface area (Å²) in [6, 6.07) is 8.53. The highest BCUT2D eigenvalue weighted by molar-refractivity contribution is 9.10. The molecular weight excluding hydrogens is 332 g/mol. The molecule has 2 aromatic rings. The molecule has 1 fully saturated rings. The molecular formula is C16H19BrN2O2. The predicted octanol–water partition coefficient (Wildman–Crippen LogP) is 3.51. The number of nitrogens with one attached hydrogen (secondary N) is 2. The Balaban J connectivity index is 1.53. The summed E-state index contributed by atoms with van der Waals surface area (Å²) in [6.07, 6.45) is 2.76. The third-order valence-corrected chi connectivity index (χ3v) is 4.16. The third kappa shape index (κ3) is 3.86. The Bertz CT molecular complexity index is 649. The van der Waals surface area contributed by atoms with Crippen molar-refractivity contribution in [3.05, 3.63) is 34.5 Å². The number of amides is 1. The lowest BCUT2D eigenvalue weighted by molar-refractivity contribution is -0.121. The summed E-state index contributed by atoms with van der Waals surface area (Å²) in [5.41, 5.74) is 0.883. The van der Waals surface area contributed by atoms with E-state index in [9.17, 15) is 4.79 Å². The normalized spacial score (nSPS) is 16.1. The van der Waals surface area contributed by atoms with Gasteiger partial charge in [-0.1, -0.05) is 15.9 Å². The lowest BCUT2D eigenvalue weighted by Crippen LogP contribution is -2.29. The molecule has 3 rings (SSSR count). The first-order valence-corrected chi connectivity index (χ1v) is 8.13. The average molecular weight is 351 g/mol. The molecule has 112 valence electrons. The minimum absolute atomic E-state index is 0.0879. The van der Waals surface area contributed by atoms with Crippen LogP contribution in [0, 0.1) is 0 Å². The van der Waals surface area contributed by atoms with Crippen LogP contribution in [0.3, 0.4) is 0 Å². The summed E-state index contributed by atoms with van der Waals surface area (Å²) in [4.78, 5) is 11.6. The van der Waals surface area contributed by atoms with E-state index >= 15 is 0 Å². The van der Waals surface area contributed by atoms with Crippen molar-refractivity contribution in [3.8, 4) is 0 Å². The lowest BCUT2D eigenvalue weighted by atomic mass is 10.2. The van der Waals surface area contributed by atoms with Gasteiger partial charge >= 0.3 is 0 Å². The van der Waals surface area contributed by atoms with Gasteiger partial charge in [-0.25, -0.2) is 0 Å². The van der Waals surface area contributed by atoms with Gasteiger partial charge in [0, 0.05) is 28.9 Å². The van der Waals surface area contributed by atoms with Gasteiger partial charge in [0.1, 0.15) is 11.3 Å². The van der Waals surface area contributed by atoms with E-state index in [1.165, 1.54) is 0 Å². The second-order valence-electron chi connectivity index (χ2n) is 5.60. The van der Waals surface area contributed by atoms with Crippen molar-refractivity contribution in [2.45, 2.75) is 38.3 Å². The summed E-state index contributed by atoms with van der Waals surface area (Å²) in [6.45, 7) is 2.70. The maximum Gasteiger partial charge on any atom is 0.221 e. The molecule has 0 saturated heterocycles. The van der Waals surface area contributed by atoms with Gasteiger partial charge in [0.2, 0.25) is 5.91 Å². The minimum Gasteiger partial charge on any atom is -0.459 e. The van der Waals surface area contributed by atoms with Crippen LogP contribution < -0.4 is 10.6 Å². The molecule has 0 bridgehead atoms. The van der Waals surface area contributed by atoms with Crippen LogP contribution in [-0.4, -0.2) is 18.5 Å². The van der Waals surface area contributed by atoms with E-state index < -0.39 is 0 Å². The van der Waals surface area contributed by atoms with E-state index in [2.05, 4.69) is 26.6 Å². The summed E-state index contributed by atoms with van der Waals surface area (Å²) in [5.74, 6) is 1.02. The lowest BCUT2D eigenvalue weighted by Gasteiger charge is -2.11. The highest BCUT2D eigenvalue weighted by atomic mass is 79.9. The van der Waals surface area contributed by atoms with Gasteiger partial charge in [-0.2, -0.15) is 0 Å². The van der Waals surface area contributed by atoms with Crippen LogP contribution >= 0.6 is 15.9 Å². The van der Waals surface area contributed by atoms with Gasteiger partial charge in [0.25, 0.3) is 0 Å². The Labute approximate surface area is 132 Å². The van der Waals surface area contributed by atoms with Crippen molar-refractivity contribution in [1.29, 1.82) is 0 Å². The molecule has 1 aromatic heterocycles. The Morgan fingerprint density at radius 3 is 3.00 bits per heavy atom. The number of hydrogen-bond donors (Lipinski definition) is 2. The molecule has 1 amide bonds. The second kappa shape index (κ2) is 6.20. The van der Waals surface area contributed by atoms with Crippen LogP contribution in [0.5, 0.6) is 0 Å². The molecule has 21 heavy (non-hydrogen) atoms. The van der Waals surface area contributed by atoms with Gasteiger partial charge in [0.15, 0.2) is 0 Å². The van der Waals surface area contributed by atoms with Crippen LogP contribution in [0.15, 0.2) is 33.2 Å². The van der Waals surface area contributed by atoms with Gasteiger partial charge < -0.3 is 15.1 Å². The topological polar surface area (TPSA) is 54.3 Å². The van der Waals surface area contributed by atoms with Crippen LogP contribution in [0.25, 0.3) is 11.0 Å². The summed E-state index contributed by atoms with van der Waals surface area (Å²) in [7, 11) is 0. The van der Waals surface area contributed by atoms with E-state index in [0.717, 1.165) is 34.0 Å². The molecule has 0 aliphatic heterocycles. The van der Waals surface area contributed by atoms with E-state index in [1.54, 1.807) is 0 Å². The first kappa shape index (κ1) is 14.6. The quantitative estimate of drug-likeness (QED) is 0.837. The van der Waals surface area contributed by atoms with Crippen molar-refractivity contribution in [2.24, 2.45) is 0 Å². The Hall–Kier alpha value is -1.33. The van der Waals surface area contributed by atoms with Crippen molar-refractivity contribution < 1.29 is 9.21 Å². The number of fused-ring (bicyclic) bond motifs is 1. The van der Waals surface area contributed by atoms with Crippen LogP contribution in [0.2, 0.25) is 0 Å². The van der Waals surface area contributed by atoms with Crippen LogP contribution in [0.4, 0.5) is 0 Å². The number of halogens is 1. The summed E-state index contributed by atoms with van der Waals surface area (Å²) in [5, 5.41) is 7.40. The van der Waals surface area contributed by atoms with E-state index in [0.29, 0.717) is 19.0 Å². The monoisotopic (exact) mass is 350 g/mol. The number of benzene rings is 1. The third-order valence-electron chi connectivity index (χ3n) is 3.67. The van der Waals surface area contributed by atoms with E-state index in [1.807, 2.05) is 31.2 Å². The number of rotatable bonds is 6. The van der Waals surface area contributed by atoms with E-state index in [4.69, 9.17) is 4.42 Å². The Morgan fingerprint density at radius 1 is 1.43 bits per heavy atom. The zero-order valence-electron chi connectivity index (χ0n) is 12.0. The fourth-order valence-electron chi connectivity index (χ4n) is 2.28. The Kier molecular flexibility index (Phi) is 4.31. The minimum atomic E-state index is 0.0879. The molecule has 4 nitrogen and oxygen atoms in total. The molecule has 0 radical (unpaired) electrons. The SMILES string of the molecule is CC(NCCC(=O)NC1CC1)c1cc2cc(Br)ccc2o1. The molecule has 1 saturated carbocycles. The number of hydrogen-bond acceptors (Lipinski definition) is 3. The molecule has 2 N–H and O–H groups in total. The number of furan rings is 1. The first-order valence-electron chi connectivity index (χ1n) is 7.33. The smallest absolute Gasteiger partial charge is 0.221 e. The first-order chi connectivity index (χ1) is 10.1. The van der Waals surface area contributed by atoms with Gasteiger partial charge in [-0.15, -0.1) is 0 Å². The van der Waals surface area contributed by atoms with Crippen LogP contribution in [0.1, 0.15) is 38.0 Å². The molecule has 1 unspecified atom stereocenters. The number of carbonyl (C=O) groups is 1. The van der Waals surface area contributed by atoms with Crippen molar-refractivity contribution in [1.82, 2.24) is 10.6 Å². The van der Waals surface area contributed by atoms with Gasteiger partial charge in [-0.05, 0) is 44.0 Å². The van der Waals surface area contributed by atoms with Crippen molar-refractivity contribution in [3.63, 3.8) is 0 Å². The van der Waals surface area contributed by atoms with E-state index in [-0.39, 0.29) is 11.9 Å². The number of carbonyl (C=O) groups excluding carboxylic acids is 1. The largest absolute Gasteiger partial charge is 0.459 e. The maximum atomic E-state index is 11.6. The summed E-state index contributed by atoms with van der Waals surface area (Å²) >= 11 is 3.46. The zero-order valence-corrected chi connectivity index (χ0v) is 13.6. The molecule has 1 aliphatic rings. The second-order valence-corrected chi connectivity index (χ2v) is 6.51. The molecule has 1 aromatic carbocycles. The van der Waals surface area contributed by atoms with Gasteiger partial charge in [0.05, 0.1) is 6.04 Å². The highest BCUT2D eigenvalue weighted by Gasteiger charge is 2.22. The standard InChI is InChI=1S/C16H19BrN2O2/c1-10(18-7-6-16(20)19-13-3-4-13)15-9-11-8-12(17)2-5-14(11)21-15/h2,5,8-10,13,18H,3-4,6-7H2,1H3,(H,19,20). The highest BCUT2D eigenvalue weighted by Crippen LogP contribution is 2.26. The molecule has 1 heterocycles. The predicted molar refractivity (Wildman–Crippen MR) is 86.1 cm³/mol. The van der Waals surface area contributed by atoms with Gasteiger partial charge in [-0.3, -0.25) is 4.79 Å². The van der Waals surface area contributed by atoms with Crippen LogP contribution in [-0.2, 0) is 4.79 Å². The zero-order chi connectivity index (χ0) is 14.8. The molecule has 1 aliphatic carbocycles. The molecule has 0 spiro atoms. The molecule has 5 heteroatoms.